The van der Waals surface area contributed by atoms with Gasteiger partial charge in [-0.2, -0.15) is 0 Å². The highest BCUT2D eigenvalue weighted by molar-refractivity contribution is 7.80. The maximum absolute atomic E-state index is 11.9. The first-order valence-corrected chi connectivity index (χ1v) is 13.5. The standard InChI is InChI=1S/C34H31N3OS/c1-3-34(2,37-29-20-16-25(17-21-29)23-31-32(38)36-33(39)35-31)28-18-14-24(15-19-28)22-30(26-10-6-4-7-11-26)27-12-8-5-9-13-27/h4-23,37H,3H2,1-2H3,(H2,35,36,38,39)/b31-23-/t34-/m0/s1. The van der Waals surface area contributed by atoms with E-state index in [1.54, 1.807) is 6.08 Å². The molecule has 0 aliphatic carbocycles. The molecule has 0 spiro atoms. The van der Waals surface area contributed by atoms with Crippen molar-refractivity contribution in [1.82, 2.24) is 10.6 Å². The van der Waals surface area contributed by atoms with Crippen molar-refractivity contribution >= 4 is 46.7 Å². The van der Waals surface area contributed by atoms with Crippen LogP contribution in [-0.4, -0.2) is 11.0 Å². The van der Waals surface area contributed by atoms with Crippen molar-refractivity contribution in [3.63, 3.8) is 0 Å². The minimum Gasteiger partial charge on any atom is -0.376 e. The molecule has 4 nitrogen and oxygen atoms in total. The number of thiocarbonyl (C=S) groups is 1. The van der Waals surface area contributed by atoms with Crippen molar-refractivity contribution in [2.45, 2.75) is 25.8 Å². The van der Waals surface area contributed by atoms with Gasteiger partial charge in [-0.15, -0.1) is 0 Å². The largest absolute Gasteiger partial charge is 0.376 e. The first kappa shape index (κ1) is 26.1. The molecular weight excluding hydrogens is 498 g/mol. The maximum Gasteiger partial charge on any atom is 0.273 e. The highest BCUT2D eigenvalue weighted by Gasteiger charge is 2.24. The molecule has 0 radical (unpaired) electrons. The molecule has 0 aromatic heterocycles. The summed E-state index contributed by atoms with van der Waals surface area (Å²) < 4.78 is 0. The summed E-state index contributed by atoms with van der Waals surface area (Å²) in [6.07, 6.45) is 4.96. The van der Waals surface area contributed by atoms with Crippen LogP contribution in [-0.2, 0) is 10.3 Å². The van der Waals surface area contributed by atoms with Crippen molar-refractivity contribution < 1.29 is 4.79 Å². The van der Waals surface area contributed by atoms with Gasteiger partial charge in [0.1, 0.15) is 5.70 Å². The highest BCUT2D eigenvalue weighted by atomic mass is 32.1. The second-order valence-corrected chi connectivity index (χ2v) is 10.2. The average Bonchev–Trinajstić information content (AvgIpc) is 3.29. The molecule has 0 bridgehead atoms. The second kappa shape index (κ2) is 11.5. The maximum atomic E-state index is 11.9. The Morgan fingerprint density at radius 1 is 0.795 bits per heavy atom. The van der Waals surface area contributed by atoms with Gasteiger partial charge in [0.2, 0.25) is 0 Å². The van der Waals surface area contributed by atoms with E-state index in [1.165, 1.54) is 22.3 Å². The third-order valence-corrected chi connectivity index (χ3v) is 7.30. The monoisotopic (exact) mass is 529 g/mol. The molecule has 0 saturated carbocycles. The highest BCUT2D eigenvalue weighted by Crippen LogP contribution is 2.31. The predicted molar refractivity (Wildman–Crippen MR) is 166 cm³/mol. The summed E-state index contributed by atoms with van der Waals surface area (Å²) in [5, 5.41) is 9.52. The Balaban J connectivity index is 1.36. The third kappa shape index (κ3) is 6.16. The lowest BCUT2D eigenvalue weighted by molar-refractivity contribution is -0.115. The Bertz CT molecular complexity index is 1480. The summed E-state index contributed by atoms with van der Waals surface area (Å²) in [7, 11) is 0. The number of rotatable bonds is 8. The van der Waals surface area contributed by atoms with Crippen LogP contribution < -0.4 is 16.0 Å². The number of amides is 1. The fourth-order valence-electron chi connectivity index (χ4n) is 4.68. The van der Waals surface area contributed by atoms with Crippen LogP contribution in [0.15, 0.2) is 115 Å². The van der Waals surface area contributed by atoms with Gasteiger partial charge in [-0.25, -0.2) is 0 Å². The van der Waals surface area contributed by atoms with E-state index in [0.29, 0.717) is 10.8 Å². The van der Waals surface area contributed by atoms with Crippen LogP contribution in [0.4, 0.5) is 5.69 Å². The summed E-state index contributed by atoms with van der Waals surface area (Å²) in [5.41, 5.74) is 8.10. The van der Waals surface area contributed by atoms with E-state index >= 15 is 0 Å². The Morgan fingerprint density at radius 2 is 1.36 bits per heavy atom. The zero-order chi connectivity index (χ0) is 27.2. The molecule has 194 valence electrons. The smallest absolute Gasteiger partial charge is 0.273 e. The molecule has 3 N–H and O–H groups in total. The van der Waals surface area contributed by atoms with Gasteiger partial charge in [0, 0.05) is 5.69 Å². The van der Waals surface area contributed by atoms with Gasteiger partial charge in [-0.3, -0.25) is 10.1 Å². The Hall–Kier alpha value is -4.48. The molecule has 1 amide bonds. The van der Waals surface area contributed by atoms with E-state index in [2.05, 4.69) is 109 Å². The molecular formula is C34H31N3OS. The molecule has 5 heteroatoms. The number of anilines is 1. The quantitative estimate of drug-likeness (QED) is 0.127. The van der Waals surface area contributed by atoms with Crippen LogP contribution in [0.2, 0.25) is 0 Å². The number of hydrogen-bond donors (Lipinski definition) is 3. The first-order valence-electron chi connectivity index (χ1n) is 13.1. The fraction of sp³-hybridized carbons (Fsp3) is 0.118. The number of hydrogen-bond acceptors (Lipinski definition) is 3. The van der Waals surface area contributed by atoms with Crippen LogP contribution in [0.25, 0.3) is 17.7 Å². The van der Waals surface area contributed by atoms with Crippen molar-refractivity contribution in [1.29, 1.82) is 0 Å². The van der Waals surface area contributed by atoms with Gasteiger partial charge < -0.3 is 10.6 Å². The van der Waals surface area contributed by atoms with E-state index in [1.807, 2.05) is 36.4 Å². The second-order valence-electron chi connectivity index (χ2n) is 9.81. The first-order chi connectivity index (χ1) is 18.9. The molecule has 1 fully saturated rings. The molecule has 0 unspecified atom stereocenters. The topological polar surface area (TPSA) is 53.2 Å². The van der Waals surface area contributed by atoms with E-state index in [0.717, 1.165) is 23.2 Å². The van der Waals surface area contributed by atoms with Gasteiger partial charge in [-0.05, 0) is 83.2 Å². The number of benzene rings is 4. The SMILES string of the molecule is CC[C@](C)(Nc1ccc(/C=C2\NC(=S)NC2=O)cc1)c1ccc(C=C(c2ccccc2)c2ccccc2)cc1. The van der Waals surface area contributed by atoms with Crippen molar-refractivity contribution in [3.05, 3.63) is 143 Å². The van der Waals surface area contributed by atoms with Gasteiger partial charge in [0.25, 0.3) is 5.91 Å². The lowest BCUT2D eigenvalue weighted by atomic mass is 9.88. The average molecular weight is 530 g/mol. The lowest BCUT2D eigenvalue weighted by Crippen LogP contribution is -2.31. The summed E-state index contributed by atoms with van der Waals surface area (Å²) in [5.74, 6) is -0.210. The van der Waals surface area contributed by atoms with Crippen LogP contribution in [0.3, 0.4) is 0 Å². The van der Waals surface area contributed by atoms with Gasteiger partial charge >= 0.3 is 0 Å². The van der Waals surface area contributed by atoms with E-state index in [4.69, 9.17) is 12.2 Å². The molecule has 4 aromatic rings. The number of carbonyl (C=O) groups is 1. The summed E-state index contributed by atoms with van der Waals surface area (Å²) in [6.45, 7) is 4.41. The fourth-order valence-corrected chi connectivity index (χ4v) is 4.88. The van der Waals surface area contributed by atoms with Gasteiger partial charge in [0.15, 0.2) is 5.11 Å². The van der Waals surface area contributed by atoms with E-state index < -0.39 is 0 Å². The van der Waals surface area contributed by atoms with E-state index in [-0.39, 0.29) is 11.4 Å². The molecule has 1 saturated heterocycles. The molecule has 39 heavy (non-hydrogen) atoms. The van der Waals surface area contributed by atoms with Crippen molar-refractivity contribution in [2.75, 3.05) is 5.32 Å². The molecule has 5 rings (SSSR count). The van der Waals surface area contributed by atoms with Crippen LogP contribution >= 0.6 is 12.2 Å². The minimum atomic E-state index is -0.247. The zero-order valence-electron chi connectivity index (χ0n) is 22.1. The van der Waals surface area contributed by atoms with Crippen molar-refractivity contribution in [2.24, 2.45) is 0 Å². The molecule has 4 aromatic carbocycles. The van der Waals surface area contributed by atoms with Crippen LogP contribution in [0, 0.1) is 0 Å². The minimum absolute atomic E-state index is 0.210. The zero-order valence-corrected chi connectivity index (χ0v) is 22.9. The van der Waals surface area contributed by atoms with Crippen LogP contribution in [0.1, 0.15) is 48.1 Å². The third-order valence-electron chi connectivity index (χ3n) is 7.10. The Labute approximate surface area is 235 Å². The summed E-state index contributed by atoms with van der Waals surface area (Å²) >= 11 is 5.01. The summed E-state index contributed by atoms with van der Waals surface area (Å²) in [4.78, 5) is 11.9. The van der Waals surface area contributed by atoms with E-state index in [9.17, 15) is 4.79 Å². The Kier molecular flexibility index (Phi) is 7.71. The molecule has 1 aliphatic rings. The molecule has 1 aliphatic heterocycles. The molecule has 1 atom stereocenters. The van der Waals surface area contributed by atoms with Gasteiger partial charge in [0.05, 0.1) is 5.54 Å². The van der Waals surface area contributed by atoms with Crippen LogP contribution in [0.5, 0.6) is 0 Å². The normalized spacial score (nSPS) is 15.3. The van der Waals surface area contributed by atoms with Gasteiger partial charge in [-0.1, -0.05) is 104 Å². The summed E-state index contributed by atoms with van der Waals surface area (Å²) in [6, 6.07) is 37.9. The van der Waals surface area contributed by atoms with Crippen molar-refractivity contribution in [3.8, 4) is 0 Å². The predicted octanol–water partition coefficient (Wildman–Crippen LogP) is 7.36. The number of carbonyl (C=O) groups excluding carboxylic acids is 1. The molecule has 1 heterocycles. The number of nitrogens with one attached hydrogen (secondary N) is 3. The Morgan fingerprint density at radius 3 is 1.87 bits per heavy atom. The lowest BCUT2D eigenvalue weighted by Gasteiger charge is -2.32.